The average molecular weight is 480 g/mol. The lowest BCUT2D eigenvalue weighted by Gasteiger charge is -2.34. The van der Waals surface area contributed by atoms with Crippen LogP contribution in [0.25, 0.3) is 0 Å². The molecule has 144 valence electrons. The zero-order valence-corrected chi connectivity index (χ0v) is 19.2. The predicted octanol–water partition coefficient (Wildman–Crippen LogP) is 3.64. The van der Waals surface area contributed by atoms with Gasteiger partial charge in [0.1, 0.15) is 0 Å². The summed E-state index contributed by atoms with van der Waals surface area (Å²) >= 11 is 1.81. The lowest BCUT2D eigenvalue weighted by molar-refractivity contribution is 0.0264. The Hall–Kier alpha value is -0.410. The van der Waals surface area contributed by atoms with E-state index in [4.69, 9.17) is 14.7 Å². The first-order valence-electron chi connectivity index (χ1n) is 9.27. The molecule has 2 rings (SSSR count). The summed E-state index contributed by atoms with van der Waals surface area (Å²) < 4.78 is 5.74. The topological polar surface area (TPSA) is 49.8 Å². The van der Waals surface area contributed by atoms with Gasteiger partial charge in [-0.1, -0.05) is 6.92 Å². The van der Waals surface area contributed by atoms with Crippen LogP contribution in [-0.4, -0.2) is 54.7 Å². The van der Waals surface area contributed by atoms with Gasteiger partial charge in [0.25, 0.3) is 0 Å². The highest BCUT2D eigenvalue weighted by atomic mass is 127. The van der Waals surface area contributed by atoms with Crippen molar-refractivity contribution in [3.63, 3.8) is 0 Å². The fourth-order valence-corrected chi connectivity index (χ4v) is 4.09. The molecule has 0 bridgehead atoms. The maximum atomic E-state index is 5.74. The Balaban J connectivity index is 0.00000312. The molecule has 25 heavy (non-hydrogen) atoms. The maximum absolute atomic E-state index is 5.74. The largest absolute Gasteiger partial charge is 0.378 e. The van der Waals surface area contributed by atoms with E-state index in [-0.39, 0.29) is 24.0 Å². The number of hydrogen-bond acceptors (Lipinski definition) is 4. The summed E-state index contributed by atoms with van der Waals surface area (Å²) in [5.41, 5.74) is 1.24. The van der Waals surface area contributed by atoms with E-state index in [1.807, 2.05) is 11.3 Å². The number of ether oxygens (including phenoxy) is 1. The zero-order valence-electron chi connectivity index (χ0n) is 16.0. The van der Waals surface area contributed by atoms with Gasteiger partial charge in [-0.3, -0.25) is 4.99 Å². The quantitative estimate of drug-likeness (QED) is 0.368. The standard InChI is InChI=1S/C18H32N4OS.HI/c1-5-16-14(4)24-17(21-16)8-11-20-18(19-6-2)22-12-9-15(10-13-22)23-7-3;/h15H,5-13H2,1-4H3,(H,19,20);1H. The molecule has 0 radical (unpaired) electrons. The smallest absolute Gasteiger partial charge is 0.193 e. The fourth-order valence-electron chi connectivity index (χ4n) is 3.08. The van der Waals surface area contributed by atoms with Gasteiger partial charge in [-0.25, -0.2) is 4.98 Å². The first-order chi connectivity index (χ1) is 11.7. The van der Waals surface area contributed by atoms with E-state index in [0.717, 1.165) is 64.4 Å². The van der Waals surface area contributed by atoms with E-state index in [2.05, 4.69) is 37.9 Å². The van der Waals surface area contributed by atoms with E-state index >= 15 is 0 Å². The van der Waals surface area contributed by atoms with Gasteiger partial charge in [0.15, 0.2) is 5.96 Å². The van der Waals surface area contributed by atoms with Crippen molar-refractivity contribution in [1.82, 2.24) is 15.2 Å². The Morgan fingerprint density at radius 3 is 2.60 bits per heavy atom. The van der Waals surface area contributed by atoms with Crippen molar-refractivity contribution in [2.45, 2.75) is 59.5 Å². The van der Waals surface area contributed by atoms with E-state index in [9.17, 15) is 0 Å². The van der Waals surface area contributed by atoms with Crippen molar-refractivity contribution in [3.8, 4) is 0 Å². The van der Waals surface area contributed by atoms with Gasteiger partial charge in [0.2, 0.25) is 0 Å². The van der Waals surface area contributed by atoms with E-state index in [1.54, 1.807) is 0 Å². The van der Waals surface area contributed by atoms with Crippen LogP contribution in [0, 0.1) is 6.92 Å². The third kappa shape index (κ3) is 7.02. The monoisotopic (exact) mass is 480 g/mol. The third-order valence-corrected chi connectivity index (χ3v) is 5.41. The highest BCUT2D eigenvalue weighted by Gasteiger charge is 2.21. The first kappa shape index (κ1) is 22.6. The predicted molar refractivity (Wildman–Crippen MR) is 118 cm³/mol. The molecule has 5 nitrogen and oxygen atoms in total. The van der Waals surface area contributed by atoms with Gasteiger partial charge in [-0.2, -0.15) is 0 Å². The van der Waals surface area contributed by atoms with Gasteiger partial charge in [-0.05, 0) is 40.0 Å². The van der Waals surface area contributed by atoms with Crippen LogP contribution >= 0.6 is 35.3 Å². The molecule has 1 aromatic heterocycles. The van der Waals surface area contributed by atoms with Crippen LogP contribution in [-0.2, 0) is 17.6 Å². The number of piperidine rings is 1. The van der Waals surface area contributed by atoms with Crippen LogP contribution in [0.15, 0.2) is 4.99 Å². The number of nitrogens with one attached hydrogen (secondary N) is 1. The normalized spacial score (nSPS) is 16.0. The number of rotatable bonds is 7. The van der Waals surface area contributed by atoms with Crippen molar-refractivity contribution in [2.75, 3.05) is 32.8 Å². The highest BCUT2D eigenvalue weighted by Crippen LogP contribution is 2.18. The van der Waals surface area contributed by atoms with Crippen LogP contribution in [0.1, 0.15) is 49.2 Å². The SMILES string of the molecule is CCNC(=NCCc1nc(CC)c(C)s1)N1CCC(OCC)CC1.I. The molecule has 1 aliphatic heterocycles. The summed E-state index contributed by atoms with van der Waals surface area (Å²) in [6, 6.07) is 0. The minimum Gasteiger partial charge on any atom is -0.378 e. The number of thiazole rings is 1. The number of likely N-dealkylation sites (tertiary alicyclic amines) is 1. The van der Waals surface area contributed by atoms with E-state index in [0.29, 0.717) is 6.10 Å². The number of nitrogens with zero attached hydrogens (tertiary/aromatic N) is 3. The summed E-state index contributed by atoms with van der Waals surface area (Å²) in [7, 11) is 0. The molecule has 7 heteroatoms. The molecule has 0 unspecified atom stereocenters. The van der Waals surface area contributed by atoms with Crippen LogP contribution < -0.4 is 5.32 Å². The molecule has 0 spiro atoms. The third-order valence-electron chi connectivity index (χ3n) is 4.34. The summed E-state index contributed by atoms with van der Waals surface area (Å²) in [6.45, 7) is 13.1. The molecule has 0 amide bonds. The molecular weight excluding hydrogens is 447 g/mol. The number of guanidine groups is 1. The zero-order chi connectivity index (χ0) is 17.4. The first-order valence-corrected chi connectivity index (χ1v) is 10.1. The lowest BCUT2D eigenvalue weighted by Crippen LogP contribution is -2.47. The average Bonchev–Trinajstić information content (AvgIpc) is 2.95. The summed E-state index contributed by atoms with van der Waals surface area (Å²) in [5, 5.41) is 4.64. The van der Waals surface area contributed by atoms with Gasteiger partial charge >= 0.3 is 0 Å². The Kier molecular flexibility index (Phi) is 10.9. The molecule has 1 fully saturated rings. The Morgan fingerprint density at radius 2 is 2.04 bits per heavy atom. The number of aryl methyl sites for hydroxylation is 2. The van der Waals surface area contributed by atoms with Crippen molar-refractivity contribution in [1.29, 1.82) is 0 Å². The molecule has 0 aliphatic carbocycles. The summed E-state index contributed by atoms with van der Waals surface area (Å²) in [6.07, 6.45) is 4.53. The van der Waals surface area contributed by atoms with Crippen LogP contribution in [0.3, 0.4) is 0 Å². The molecule has 1 aliphatic rings. The second-order valence-electron chi connectivity index (χ2n) is 6.09. The van der Waals surface area contributed by atoms with Crippen molar-refractivity contribution >= 4 is 41.3 Å². The minimum atomic E-state index is 0. The highest BCUT2D eigenvalue weighted by molar-refractivity contribution is 14.0. The molecule has 1 N–H and O–H groups in total. The van der Waals surface area contributed by atoms with E-state index in [1.165, 1.54) is 15.6 Å². The molecule has 0 aromatic carbocycles. The van der Waals surface area contributed by atoms with Gasteiger partial charge in [0, 0.05) is 44.1 Å². The Morgan fingerprint density at radius 1 is 1.32 bits per heavy atom. The maximum Gasteiger partial charge on any atom is 0.193 e. The molecular formula is C18H33IN4OS. The number of halogens is 1. The van der Waals surface area contributed by atoms with Crippen molar-refractivity contribution in [2.24, 2.45) is 4.99 Å². The minimum absolute atomic E-state index is 0. The Labute approximate surface area is 173 Å². The van der Waals surface area contributed by atoms with Crippen LogP contribution in [0.2, 0.25) is 0 Å². The summed E-state index contributed by atoms with van der Waals surface area (Å²) in [5.74, 6) is 1.04. The van der Waals surface area contributed by atoms with Gasteiger partial charge in [0.05, 0.1) is 16.8 Å². The van der Waals surface area contributed by atoms with Gasteiger partial charge in [-0.15, -0.1) is 35.3 Å². The molecule has 0 atom stereocenters. The summed E-state index contributed by atoms with van der Waals surface area (Å²) in [4.78, 5) is 13.3. The number of hydrogen-bond donors (Lipinski definition) is 1. The van der Waals surface area contributed by atoms with Crippen LogP contribution in [0.4, 0.5) is 0 Å². The van der Waals surface area contributed by atoms with Crippen LogP contribution in [0.5, 0.6) is 0 Å². The second kappa shape index (κ2) is 12.1. The fraction of sp³-hybridized carbons (Fsp3) is 0.778. The molecule has 2 heterocycles. The molecule has 1 saturated heterocycles. The molecule has 0 saturated carbocycles. The number of aromatic nitrogens is 1. The van der Waals surface area contributed by atoms with Crippen molar-refractivity contribution in [3.05, 3.63) is 15.6 Å². The van der Waals surface area contributed by atoms with Gasteiger partial charge < -0.3 is 15.0 Å². The van der Waals surface area contributed by atoms with E-state index < -0.39 is 0 Å². The Bertz CT molecular complexity index is 527. The van der Waals surface area contributed by atoms with Crippen molar-refractivity contribution < 1.29 is 4.74 Å². The molecule has 1 aromatic rings. The number of aliphatic imine (C=N–C) groups is 1. The second-order valence-corrected chi connectivity index (χ2v) is 7.38. The lowest BCUT2D eigenvalue weighted by atomic mass is 10.1.